The molecule has 2 aromatic rings. The van der Waals surface area contributed by atoms with Gasteiger partial charge in [0.2, 0.25) is 0 Å². The average molecular weight is 289 g/mol. The predicted molar refractivity (Wildman–Crippen MR) is 76.4 cm³/mol. The van der Waals surface area contributed by atoms with E-state index in [0.29, 0.717) is 11.4 Å². The lowest BCUT2D eigenvalue weighted by atomic mass is 10.2. The molecule has 21 heavy (non-hydrogen) atoms. The molecular weight excluding hydrogens is 270 g/mol. The van der Waals surface area contributed by atoms with E-state index >= 15 is 0 Å². The first kappa shape index (κ1) is 15.1. The van der Waals surface area contributed by atoms with Crippen LogP contribution in [0.5, 0.6) is 0 Å². The third-order valence-corrected chi connectivity index (χ3v) is 3.08. The zero-order valence-corrected chi connectivity index (χ0v) is 12.2. The summed E-state index contributed by atoms with van der Waals surface area (Å²) >= 11 is 0. The minimum Gasteiger partial charge on any atom is -0.392 e. The Hall–Kier alpha value is -2.28. The first-order chi connectivity index (χ1) is 10.2. The molecule has 0 aliphatic rings. The van der Waals surface area contributed by atoms with Crippen LogP contribution in [-0.4, -0.2) is 30.8 Å². The van der Waals surface area contributed by atoms with Gasteiger partial charge >= 0.3 is 0 Å². The van der Waals surface area contributed by atoms with E-state index in [0.717, 1.165) is 13.0 Å². The topological polar surface area (TPSA) is 92.9 Å². The van der Waals surface area contributed by atoms with Crippen LogP contribution in [0.25, 0.3) is 0 Å². The largest absolute Gasteiger partial charge is 0.392 e. The van der Waals surface area contributed by atoms with Crippen LogP contribution in [0, 0.1) is 0 Å². The van der Waals surface area contributed by atoms with Gasteiger partial charge < -0.3 is 15.0 Å². The third-order valence-electron chi connectivity index (χ3n) is 3.08. The van der Waals surface area contributed by atoms with Gasteiger partial charge in [-0.1, -0.05) is 6.92 Å². The Labute approximate surface area is 123 Å². The molecule has 0 saturated carbocycles. The van der Waals surface area contributed by atoms with Crippen molar-refractivity contribution in [3.8, 4) is 0 Å². The maximum atomic E-state index is 12.2. The number of hydrogen-bond acceptors (Lipinski definition) is 5. The molecule has 0 radical (unpaired) electrons. The van der Waals surface area contributed by atoms with E-state index in [1.165, 1.54) is 6.20 Å². The number of amides is 1. The highest BCUT2D eigenvalue weighted by atomic mass is 16.3. The van der Waals surface area contributed by atoms with Gasteiger partial charge in [0.1, 0.15) is 12.0 Å². The number of nitrogens with one attached hydrogen (secondary N) is 1. The summed E-state index contributed by atoms with van der Waals surface area (Å²) in [6, 6.07) is 2.96. The second kappa shape index (κ2) is 6.94. The normalized spacial score (nSPS) is 12.1. The van der Waals surface area contributed by atoms with Crippen molar-refractivity contribution < 1.29 is 9.90 Å². The van der Waals surface area contributed by atoms with E-state index in [1.54, 1.807) is 18.5 Å². The van der Waals surface area contributed by atoms with Crippen LogP contribution in [0.15, 0.2) is 24.7 Å². The van der Waals surface area contributed by atoms with Crippen LogP contribution >= 0.6 is 0 Å². The number of aromatic nitrogens is 4. The molecule has 2 N–H and O–H groups in total. The first-order valence-corrected chi connectivity index (χ1v) is 6.90. The maximum Gasteiger partial charge on any atom is 0.270 e. The van der Waals surface area contributed by atoms with Crippen molar-refractivity contribution in [3.63, 3.8) is 0 Å². The third kappa shape index (κ3) is 3.63. The second-order valence-corrected chi connectivity index (χ2v) is 4.79. The Morgan fingerprint density at radius 3 is 3.05 bits per heavy atom. The number of carbonyl (C=O) groups excluding carboxylic acids is 1. The number of carbonyl (C=O) groups is 1. The molecule has 2 aromatic heterocycles. The van der Waals surface area contributed by atoms with Crippen LogP contribution in [0.1, 0.15) is 48.2 Å². The van der Waals surface area contributed by atoms with E-state index in [-0.39, 0.29) is 24.2 Å². The van der Waals surface area contributed by atoms with Gasteiger partial charge in [0.05, 0.1) is 12.6 Å². The summed E-state index contributed by atoms with van der Waals surface area (Å²) in [4.78, 5) is 16.2. The molecule has 1 atom stereocenters. The fourth-order valence-corrected chi connectivity index (χ4v) is 2.04. The highest BCUT2D eigenvalue weighted by molar-refractivity contribution is 5.92. The standard InChI is InChI=1S/C14H19N5O2/c1-3-6-19-9-16-18-13(19)10(2)17-14(21)12-7-11(8-20)4-5-15-12/h4-5,7,9-10,20H,3,6,8H2,1-2H3,(H,17,21)/t10-/m0/s1. The molecule has 2 heterocycles. The molecular formula is C14H19N5O2. The number of pyridine rings is 1. The van der Waals surface area contributed by atoms with Gasteiger partial charge in [-0.25, -0.2) is 0 Å². The Morgan fingerprint density at radius 1 is 1.52 bits per heavy atom. The van der Waals surface area contributed by atoms with Crippen molar-refractivity contribution in [1.82, 2.24) is 25.1 Å². The number of aliphatic hydroxyl groups excluding tert-OH is 1. The van der Waals surface area contributed by atoms with E-state index in [9.17, 15) is 4.79 Å². The zero-order chi connectivity index (χ0) is 15.2. The molecule has 0 bridgehead atoms. The molecule has 0 aromatic carbocycles. The Balaban J connectivity index is 2.09. The van der Waals surface area contributed by atoms with Gasteiger partial charge in [-0.15, -0.1) is 10.2 Å². The SMILES string of the molecule is CCCn1cnnc1[C@H](C)NC(=O)c1cc(CO)ccn1. The number of aliphatic hydroxyl groups is 1. The quantitative estimate of drug-likeness (QED) is 0.829. The van der Waals surface area contributed by atoms with Crippen molar-refractivity contribution in [3.05, 3.63) is 41.7 Å². The van der Waals surface area contributed by atoms with Crippen molar-refractivity contribution in [2.75, 3.05) is 0 Å². The highest BCUT2D eigenvalue weighted by Crippen LogP contribution is 2.11. The Bertz CT molecular complexity index is 611. The molecule has 2 rings (SSSR count). The van der Waals surface area contributed by atoms with E-state index in [4.69, 9.17) is 5.11 Å². The summed E-state index contributed by atoms with van der Waals surface area (Å²) in [5.41, 5.74) is 0.923. The lowest BCUT2D eigenvalue weighted by Gasteiger charge is -2.14. The molecule has 0 saturated heterocycles. The highest BCUT2D eigenvalue weighted by Gasteiger charge is 2.17. The molecule has 0 spiro atoms. The van der Waals surface area contributed by atoms with E-state index in [1.807, 2.05) is 11.5 Å². The second-order valence-electron chi connectivity index (χ2n) is 4.79. The molecule has 112 valence electrons. The minimum atomic E-state index is -0.302. The number of nitrogens with zero attached hydrogens (tertiary/aromatic N) is 4. The van der Waals surface area contributed by atoms with Gasteiger partial charge in [-0.3, -0.25) is 9.78 Å². The maximum absolute atomic E-state index is 12.2. The average Bonchev–Trinajstić information content (AvgIpc) is 2.96. The van der Waals surface area contributed by atoms with Crippen LogP contribution < -0.4 is 5.32 Å². The summed E-state index contributed by atoms with van der Waals surface area (Å²) in [7, 11) is 0. The molecule has 7 nitrogen and oxygen atoms in total. The van der Waals surface area contributed by atoms with Gasteiger partial charge in [-0.2, -0.15) is 0 Å². The van der Waals surface area contributed by atoms with E-state index in [2.05, 4.69) is 27.4 Å². The van der Waals surface area contributed by atoms with Crippen LogP contribution in [0.3, 0.4) is 0 Å². The van der Waals surface area contributed by atoms with Gasteiger partial charge in [-0.05, 0) is 31.0 Å². The van der Waals surface area contributed by atoms with Crippen LogP contribution in [-0.2, 0) is 13.2 Å². The molecule has 0 aliphatic carbocycles. The van der Waals surface area contributed by atoms with Crippen LogP contribution in [0.2, 0.25) is 0 Å². The number of rotatable bonds is 6. The minimum absolute atomic E-state index is 0.122. The van der Waals surface area contributed by atoms with E-state index < -0.39 is 0 Å². The smallest absolute Gasteiger partial charge is 0.270 e. The van der Waals surface area contributed by atoms with Gasteiger partial charge in [0.15, 0.2) is 5.82 Å². The molecule has 7 heteroatoms. The lowest BCUT2D eigenvalue weighted by molar-refractivity contribution is 0.0932. The monoisotopic (exact) mass is 289 g/mol. The summed E-state index contributed by atoms with van der Waals surface area (Å²) < 4.78 is 1.92. The van der Waals surface area contributed by atoms with Gasteiger partial charge in [0, 0.05) is 12.7 Å². The fraction of sp³-hybridized carbons (Fsp3) is 0.429. The zero-order valence-electron chi connectivity index (χ0n) is 12.2. The van der Waals surface area contributed by atoms with Crippen molar-refractivity contribution >= 4 is 5.91 Å². The van der Waals surface area contributed by atoms with Crippen molar-refractivity contribution in [1.29, 1.82) is 0 Å². The van der Waals surface area contributed by atoms with Gasteiger partial charge in [0.25, 0.3) is 5.91 Å². The molecule has 0 aliphatic heterocycles. The first-order valence-electron chi connectivity index (χ1n) is 6.90. The molecule has 0 fully saturated rings. The summed E-state index contributed by atoms with van der Waals surface area (Å²) in [6.45, 7) is 4.60. The summed E-state index contributed by atoms with van der Waals surface area (Å²) in [6.07, 6.45) is 4.13. The lowest BCUT2D eigenvalue weighted by Crippen LogP contribution is -2.29. The number of hydrogen-bond donors (Lipinski definition) is 2. The van der Waals surface area contributed by atoms with Crippen molar-refractivity contribution in [2.45, 2.75) is 39.5 Å². The Morgan fingerprint density at radius 2 is 2.33 bits per heavy atom. The number of aryl methyl sites for hydroxylation is 1. The summed E-state index contributed by atoms with van der Waals surface area (Å²) in [5, 5.41) is 19.9. The van der Waals surface area contributed by atoms with Crippen molar-refractivity contribution in [2.24, 2.45) is 0 Å². The Kier molecular flexibility index (Phi) is 4.99. The predicted octanol–water partition coefficient (Wildman–Crippen LogP) is 1.07. The summed E-state index contributed by atoms with van der Waals surface area (Å²) in [5.74, 6) is 0.410. The molecule has 1 amide bonds. The molecule has 0 unspecified atom stereocenters. The van der Waals surface area contributed by atoms with Crippen LogP contribution in [0.4, 0.5) is 0 Å². The fourth-order valence-electron chi connectivity index (χ4n) is 2.04.